The number of amides is 1. The summed E-state index contributed by atoms with van der Waals surface area (Å²) in [7, 11) is 0. The maximum atomic E-state index is 10.7. The highest BCUT2D eigenvalue weighted by atomic mass is 16.4. The molecule has 1 heterocycles. The van der Waals surface area contributed by atoms with Gasteiger partial charge >= 0.3 is 6.09 Å². The average molecular weight is 206 g/mol. The monoisotopic (exact) mass is 206 g/mol. The van der Waals surface area contributed by atoms with E-state index in [1.807, 2.05) is 24.3 Å². The lowest BCUT2D eigenvalue weighted by molar-refractivity contribution is 0.155. The van der Waals surface area contributed by atoms with Crippen molar-refractivity contribution in [1.82, 2.24) is 4.90 Å². The van der Waals surface area contributed by atoms with Crippen LogP contribution in [0.5, 0.6) is 0 Å². The zero-order valence-electron chi connectivity index (χ0n) is 8.39. The van der Waals surface area contributed by atoms with E-state index in [1.54, 1.807) is 0 Å². The second-order valence-corrected chi connectivity index (χ2v) is 3.88. The van der Waals surface area contributed by atoms with Crippen molar-refractivity contribution >= 4 is 11.8 Å². The van der Waals surface area contributed by atoms with Crippen molar-refractivity contribution in [2.75, 3.05) is 18.8 Å². The van der Waals surface area contributed by atoms with Crippen molar-refractivity contribution in [3.63, 3.8) is 0 Å². The Labute approximate surface area is 88.3 Å². The van der Waals surface area contributed by atoms with Gasteiger partial charge in [0.15, 0.2) is 0 Å². The first-order valence-corrected chi connectivity index (χ1v) is 5.00. The number of nitrogen functional groups attached to an aromatic ring is 1. The SMILES string of the molecule is Nc1cccc(C2CCN(C(=O)O)C2)c1. The smallest absolute Gasteiger partial charge is 0.407 e. The molecule has 3 N–H and O–H groups in total. The van der Waals surface area contributed by atoms with Gasteiger partial charge in [0.05, 0.1) is 0 Å². The van der Waals surface area contributed by atoms with Crippen LogP contribution in [0, 0.1) is 0 Å². The number of nitrogens with two attached hydrogens (primary N) is 1. The lowest BCUT2D eigenvalue weighted by Crippen LogP contribution is -2.26. The summed E-state index contributed by atoms with van der Waals surface area (Å²) in [6, 6.07) is 7.68. The normalized spacial score (nSPS) is 20.5. The summed E-state index contributed by atoms with van der Waals surface area (Å²) in [6.07, 6.45) is 0.0526. The first-order chi connectivity index (χ1) is 7.16. The summed E-state index contributed by atoms with van der Waals surface area (Å²) < 4.78 is 0. The number of carboxylic acid groups (broad SMARTS) is 1. The van der Waals surface area contributed by atoms with E-state index >= 15 is 0 Å². The molecule has 1 amide bonds. The number of likely N-dealkylation sites (tertiary alicyclic amines) is 1. The quantitative estimate of drug-likeness (QED) is 0.688. The van der Waals surface area contributed by atoms with Gasteiger partial charge in [-0.1, -0.05) is 12.1 Å². The van der Waals surface area contributed by atoms with E-state index in [0.717, 1.165) is 17.7 Å². The number of anilines is 1. The highest BCUT2D eigenvalue weighted by Gasteiger charge is 2.26. The minimum atomic E-state index is -0.832. The second kappa shape index (κ2) is 3.81. The fourth-order valence-electron chi connectivity index (χ4n) is 2.02. The van der Waals surface area contributed by atoms with Gasteiger partial charge in [-0.3, -0.25) is 0 Å². The molecular formula is C11H14N2O2. The summed E-state index contributed by atoms with van der Waals surface area (Å²) in [4.78, 5) is 12.2. The average Bonchev–Trinajstić information content (AvgIpc) is 2.66. The maximum Gasteiger partial charge on any atom is 0.407 e. The van der Waals surface area contributed by atoms with Crippen molar-refractivity contribution in [2.45, 2.75) is 12.3 Å². The molecule has 0 aliphatic carbocycles. The van der Waals surface area contributed by atoms with Crippen molar-refractivity contribution in [2.24, 2.45) is 0 Å². The van der Waals surface area contributed by atoms with Gasteiger partial charge in [-0.05, 0) is 24.1 Å². The molecule has 1 fully saturated rings. The standard InChI is InChI=1S/C11H14N2O2/c12-10-3-1-2-8(6-10)9-4-5-13(7-9)11(14)15/h1-3,6,9H,4-5,7,12H2,(H,14,15). The molecule has 2 rings (SSSR count). The van der Waals surface area contributed by atoms with Gasteiger partial charge in [0, 0.05) is 24.7 Å². The summed E-state index contributed by atoms with van der Waals surface area (Å²) in [5, 5.41) is 8.83. The summed E-state index contributed by atoms with van der Waals surface area (Å²) >= 11 is 0. The van der Waals surface area contributed by atoms with E-state index in [9.17, 15) is 4.79 Å². The Balaban J connectivity index is 2.11. The molecule has 0 radical (unpaired) electrons. The van der Waals surface area contributed by atoms with Gasteiger partial charge < -0.3 is 15.7 Å². The largest absolute Gasteiger partial charge is 0.465 e. The Morgan fingerprint density at radius 3 is 2.93 bits per heavy atom. The van der Waals surface area contributed by atoms with E-state index < -0.39 is 6.09 Å². The van der Waals surface area contributed by atoms with Gasteiger partial charge in [0.2, 0.25) is 0 Å². The molecule has 1 aromatic rings. The molecule has 0 spiro atoms. The van der Waals surface area contributed by atoms with Crippen LogP contribution in [0.2, 0.25) is 0 Å². The van der Waals surface area contributed by atoms with Crippen molar-refractivity contribution in [1.29, 1.82) is 0 Å². The zero-order valence-corrected chi connectivity index (χ0v) is 8.39. The van der Waals surface area contributed by atoms with E-state index in [-0.39, 0.29) is 0 Å². The molecule has 1 aliphatic heterocycles. The van der Waals surface area contributed by atoms with E-state index in [2.05, 4.69) is 0 Å². The van der Waals surface area contributed by atoms with Crippen LogP contribution in [0.15, 0.2) is 24.3 Å². The fourth-order valence-corrected chi connectivity index (χ4v) is 2.02. The Morgan fingerprint density at radius 2 is 2.33 bits per heavy atom. The predicted octanol–water partition coefficient (Wildman–Crippen LogP) is 1.74. The van der Waals surface area contributed by atoms with Gasteiger partial charge in [0.25, 0.3) is 0 Å². The van der Waals surface area contributed by atoms with E-state index in [4.69, 9.17) is 10.8 Å². The molecule has 1 aromatic carbocycles. The van der Waals surface area contributed by atoms with Gasteiger partial charge in [0.1, 0.15) is 0 Å². The summed E-state index contributed by atoms with van der Waals surface area (Å²) in [5.74, 6) is 0.296. The van der Waals surface area contributed by atoms with Crippen LogP contribution in [-0.2, 0) is 0 Å². The molecular weight excluding hydrogens is 192 g/mol. The molecule has 1 saturated heterocycles. The first-order valence-electron chi connectivity index (χ1n) is 5.00. The number of benzene rings is 1. The van der Waals surface area contributed by atoms with Gasteiger partial charge in [-0.15, -0.1) is 0 Å². The number of hydrogen-bond acceptors (Lipinski definition) is 2. The number of nitrogens with zero attached hydrogens (tertiary/aromatic N) is 1. The third-order valence-corrected chi connectivity index (χ3v) is 2.84. The van der Waals surface area contributed by atoms with Crippen LogP contribution in [-0.4, -0.2) is 29.2 Å². The summed E-state index contributed by atoms with van der Waals surface area (Å²) in [5.41, 5.74) is 7.57. The Bertz CT molecular complexity index is 379. The number of hydrogen-bond donors (Lipinski definition) is 2. The molecule has 1 atom stereocenters. The Hall–Kier alpha value is -1.71. The minimum Gasteiger partial charge on any atom is -0.465 e. The van der Waals surface area contributed by atoms with Crippen LogP contribution >= 0.6 is 0 Å². The van der Waals surface area contributed by atoms with Crippen LogP contribution in [0.4, 0.5) is 10.5 Å². The highest BCUT2D eigenvalue weighted by molar-refractivity contribution is 5.65. The molecule has 15 heavy (non-hydrogen) atoms. The molecule has 0 saturated carbocycles. The molecule has 1 unspecified atom stereocenters. The lowest BCUT2D eigenvalue weighted by Gasteiger charge is -2.12. The predicted molar refractivity (Wildman–Crippen MR) is 57.8 cm³/mol. The van der Waals surface area contributed by atoms with Crippen molar-refractivity contribution in [3.05, 3.63) is 29.8 Å². The van der Waals surface area contributed by atoms with Crippen LogP contribution in [0.25, 0.3) is 0 Å². The molecule has 0 bridgehead atoms. The third-order valence-electron chi connectivity index (χ3n) is 2.84. The van der Waals surface area contributed by atoms with Crippen LogP contribution < -0.4 is 5.73 Å². The molecule has 1 aliphatic rings. The highest BCUT2D eigenvalue weighted by Crippen LogP contribution is 2.27. The van der Waals surface area contributed by atoms with E-state index in [1.165, 1.54) is 4.90 Å². The molecule has 4 nitrogen and oxygen atoms in total. The summed E-state index contributed by atoms with van der Waals surface area (Å²) in [6.45, 7) is 1.20. The third kappa shape index (κ3) is 2.03. The Morgan fingerprint density at radius 1 is 1.53 bits per heavy atom. The van der Waals surface area contributed by atoms with Gasteiger partial charge in [-0.2, -0.15) is 0 Å². The second-order valence-electron chi connectivity index (χ2n) is 3.88. The maximum absolute atomic E-state index is 10.7. The minimum absolute atomic E-state index is 0.296. The lowest BCUT2D eigenvalue weighted by atomic mass is 9.98. The van der Waals surface area contributed by atoms with E-state index in [0.29, 0.717) is 19.0 Å². The van der Waals surface area contributed by atoms with Crippen molar-refractivity contribution in [3.8, 4) is 0 Å². The first kappa shape index (κ1) is 9.83. The number of carbonyl (C=O) groups is 1. The zero-order chi connectivity index (χ0) is 10.8. The molecule has 80 valence electrons. The van der Waals surface area contributed by atoms with Crippen molar-refractivity contribution < 1.29 is 9.90 Å². The Kier molecular flexibility index (Phi) is 2.49. The molecule has 4 heteroatoms. The van der Waals surface area contributed by atoms with Crippen LogP contribution in [0.3, 0.4) is 0 Å². The van der Waals surface area contributed by atoms with Crippen LogP contribution in [0.1, 0.15) is 17.9 Å². The topological polar surface area (TPSA) is 66.6 Å². The fraction of sp³-hybridized carbons (Fsp3) is 0.364. The van der Waals surface area contributed by atoms with Gasteiger partial charge in [-0.25, -0.2) is 4.79 Å². The number of rotatable bonds is 1. The molecule has 0 aromatic heterocycles.